The Balaban J connectivity index is 2.51. The molecule has 1 rings (SSSR count). The van der Waals surface area contributed by atoms with Crippen LogP contribution >= 0.6 is 0 Å². The van der Waals surface area contributed by atoms with E-state index in [2.05, 4.69) is 34.7 Å². The number of unbranched alkanes of at least 4 members (excludes halogenated alkanes) is 2. The Bertz CT molecular complexity index is 639. The average Bonchev–Trinajstić information content (AvgIpc) is 2.68. The lowest BCUT2D eigenvalue weighted by Gasteiger charge is -2.24. The van der Waals surface area contributed by atoms with Gasteiger partial charge in [0.1, 0.15) is 5.60 Å². The molecule has 0 aliphatic heterocycles. The molecule has 0 unspecified atom stereocenters. The highest BCUT2D eigenvalue weighted by atomic mass is 16.6. The topological polar surface area (TPSA) is 75.2 Å². The minimum atomic E-state index is -0.491. The number of aliphatic imine (C=N–C) groups is 1. The zero-order chi connectivity index (χ0) is 22.4. The van der Waals surface area contributed by atoms with Gasteiger partial charge in [-0.05, 0) is 58.1 Å². The Labute approximate surface area is 182 Å². The molecule has 7 nitrogen and oxygen atoms in total. The third-order valence-corrected chi connectivity index (χ3v) is 4.23. The summed E-state index contributed by atoms with van der Waals surface area (Å²) in [5.74, 6) is 0.831. The van der Waals surface area contributed by atoms with Gasteiger partial charge in [-0.15, -0.1) is 0 Å². The number of benzene rings is 1. The minimum Gasteiger partial charge on any atom is -0.444 e. The molecule has 170 valence electrons. The van der Waals surface area contributed by atoms with E-state index in [4.69, 9.17) is 9.47 Å². The number of methoxy groups -OCH3 is 1. The van der Waals surface area contributed by atoms with Crippen LogP contribution in [0.25, 0.3) is 0 Å². The van der Waals surface area contributed by atoms with Crippen LogP contribution in [0.2, 0.25) is 0 Å². The van der Waals surface area contributed by atoms with Gasteiger partial charge in [-0.2, -0.15) is 0 Å². The van der Waals surface area contributed by atoms with Crippen LogP contribution in [0.4, 0.5) is 4.79 Å². The first-order chi connectivity index (χ1) is 14.2. The van der Waals surface area contributed by atoms with Gasteiger partial charge in [0, 0.05) is 40.4 Å². The third-order valence-electron chi connectivity index (χ3n) is 4.23. The van der Waals surface area contributed by atoms with Crippen molar-refractivity contribution in [3.05, 3.63) is 35.4 Å². The summed E-state index contributed by atoms with van der Waals surface area (Å²) in [6, 6.07) is 8.16. The van der Waals surface area contributed by atoms with Crippen LogP contribution in [-0.2, 0) is 22.6 Å². The number of guanidine groups is 1. The number of amides is 1. The summed E-state index contributed by atoms with van der Waals surface area (Å²) in [5.41, 5.74) is 1.68. The predicted molar refractivity (Wildman–Crippen MR) is 123 cm³/mol. The van der Waals surface area contributed by atoms with E-state index in [0.717, 1.165) is 56.0 Å². The summed E-state index contributed by atoms with van der Waals surface area (Å²) >= 11 is 0. The zero-order valence-corrected chi connectivity index (χ0v) is 19.6. The van der Waals surface area contributed by atoms with E-state index in [1.54, 1.807) is 19.1 Å². The van der Waals surface area contributed by atoms with Crippen molar-refractivity contribution in [3.63, 3.8) is 0 Å². The van der Waals surface area contributed by atoms with Crippen molar-refractivity contribution in [1.29, 1.82) is 0 Å². The Morgan fingerprint density at radius 2 is 1.73 bits per heavy atom. The summed E-state index contributed by atoms with van der Waals surface area (Å²) in [7, 11) is 3.48. The predicted octanol–water partition coefficient (Wildman–Crippen LogP) is 3.93. The first kappa shape index (κ1) is 25.8. The number of carbonyl (C=O) groups is 1. The molecular weight excluding hydrogens is 380 g/mol. The lowest BCUT2D eigenvalue weighted by molar-refractivity contribution is 0.0285. The third kappa shape index (κ3) is 11.7. The van der Waals surface area contributed by atoms with Gasteiger partial charge in [0.2, 0.25) is 0 Å². The lowest BCUT2D eigenvalue weighted by Crippen LogP contribution is -2.37. The minimum absolute atomic E-state index is 0.320. The van der Waals surface area contributed by atoms with Crippen LogP contribution in [0.3, 0.4) is 0 Å². The standard InChI is InChI=1S/C23H40N4O3/c1-7-24-21(25-15-9-8-10-16-29-6)26-17-19-11-13-20(14-12-19)18-27(5)22(28)30-23(2,3)4/h11-14H,7-10,15-18H2,1-6H3,(H2,24,25,26). The van der Waals surface area contributed by atoms with Crippen LogP contribution in [-0.4, -0.2) is 56.4 Å². The SMILES string of the molecule is CCNC(=NCc1ccc(CN(C)C(=O)OC(C)(C)C)cc1)NCCCCCOC. The van der Waals surface area contributed by atoms with Crippen LogP contribution in [0.15, 0.2) is 29.3 Å². The van der Waals surface area contributed by atoms with Crippen molar-refractivity contribution in [2.75, 3.05) is 33.9 Å². The first-order valence-electron chi connectivity index (χ1n) is 10.8. The molecule has 0 aliphatic rings. The van der Waals surface area contributed by atoms with Crippen molar-refractivity contribution in [2.24, 2.45) is 4.99 Å². The van der Waals surface area contributed by atoms with Crippen molar-refractivity contribution >= 4 is 12.1 Å². The molecule has 0 fully saturated rings. The van der Waals surface area contributed by atoms with Gasteiger partial charge in [-0.1, -0.05) is 24.3 Å². The second kappa shape index (κ2) is 13.9. The smallest absolute Gasteiger partial charge is 0.410 e. The molecule has 0 heterocycles. The molecule has 7 heteroatoms. The van der Waals surface area contributed by atoms with Gasteiger partial charge in [-0.25, -0.2) is 9.79 Å². The molecule has 0 radical (unpaired) electrons. The quantitative estimate of drug-likeness (QED) is 0.322. The zero-order valence-electron chi connectivity index (χ0n) is 19.6. The Kier molecular flexibility index (Phi) is 11.9. The summed E-state index contributed by atoms with van der Waals surface area (Å²) in [5, 5.41) is 6.66. The Morgan fingerprint density at radius 3 is 2.33 bits per heavy atom. The van der Waals surface area contributed by atoms with Gasteiger partial charge in [0.25, 0.3) is 0 Å². The van der Waals surface area contributed by atoms with Crippen LogP contribution in [0.1, 0.15) is 58.1 Å². The summed E-state index contributed by atoms with van der Waals surface area (Å²) in [6.45, 7) is 11.3. The molecule has 0 saturated carbocycles. The number of ether oxygens (including phenoxy) is 2. The van der Waals surface area contributed by atoms with Crippen LogP contribution < -0.4 is 10.6 Å². The lowest BCUT2D eigenvalue weighted by atomic mass is 10.1. The van der Waals surface area contributed by atoms with Crippen molar-refractivity contribution < 1.29 is 14.3 Å². The van der Waals surface area contributed by atoms with E-state index in [0.29, 0.717) is 13.1 Å². The number of rotatable bonds is 11. The molecule has 0 aromatic heterocycles. The van der Waals surface area contributed by atoms with Gasteiger partial charge in [-0.3, -0.25) is 0 Å². The molecule has 0 aliphatic carbocycles. The normalized spacial score (nSPS) is 11.9. The van der Waals surface area contributed by atoms with Crippen molar-refractivity contribution in [2.45, 2.75) is 65.6 Å². The first-order valence-corrected chi connectivity index (χ1v) is 10.8. The van der Waals surface area contributed by atoms with Crippen LogP contribution in [0.5, 0.6) is 0 Å². The molecule has 1 aromatic carbocycles. The summed E-state index contributed by atoms with van der Waals surface area (Å²) in [4.78, 5) is 18.3. The number of nitrogens with zero attached hydrogens (tertiary/aromatic N) is 2. The molecular formula is C23H40N4O3. The fourth-order valence-corrected chi connectivity index (χ4v) is 2.70. The van der Waals surface area contributed by atoms with Gasteiger partial charge in [0.05, 0.1) is 6.54 Å². The largest absolute Gasteiger partial charge is 0.444 e. The van der Waals surface area contributed by atoms with Crippen molar-refractivity contribution in [3.8, 4) is 0 Å². The fraction of sp³-hybridized carbons (Fsp3) is 0.652. The van der Waals surface area contributed by atoms with Gasteiger partial charge in [0.15, 0.2) is 5.96 Å². The van der Waals surface area contributed by atoms with E-state index in [-0.39, 0.29) is 6.09 Å². The van der Waals surface area contributed by atoms with Crippen LogP contribution in [0, 0.1) is 0 Å². The average molecular weight is 421 g/mol. The number of hydrogen-bond donors (Lipinski definition) is 2. The van der Waals surface area contributed by atoms with E-state index in [9.17, 15) is 4.79 Å². The Hall–Kier alpha value is -2.28. The molecule has 0 bridgehead atoms. The summed E-state index contributed by atoms with van der Waals surface area (Å²) < 4.78 is 10.5. The highest BCUT2D eigenvalue weighted by Crippen LogP contribution is 2.12. The Morgan fingerprint density at radius 1 is 1.07 bits per heavy atom. The monoisotopic (exact) mass is 420 g/mol. The highest BCUT2D eigenvalue weighted by Gasteiger charge is 2.19. The van der Waals surface area contributed by atoms with E-state index < -0.39 is 5.60 Å². The van der Waals surface area contributed by atoms with Gasteiger partial charge >= 0.3 is 6.09 Å². The molecule has 0 atom stereocenters. The maximum atomic E-state index is 12.1. The number of nitrogens with one attached hydrogen (secondary N) is 2. The molecule has 2 N–H and O–H groups in total. The van der Waals surface area contributed by atoms with Crippen molar-refractivity contribution in [1.82, 2.24) is 15.5 Å². The number of hydrogen-bond acceptors (Lipinski definition) is 4. The number of carbonyl (C=O) groups excluding carboxylic acids is 1. The summed E-state index contributed by atoms with van der Waals surface area (Å²) in [6.07, 6.45) is 2.99. The fourth-order valence-electron chi connectivity index (χ4n) is 2.70. The molecule has 0 saturated heterocycles. The highest BCUT2D eigenvalue weighted by molar-refractivity contribution is 5.79. The van der Waals surface area contributed by atoms with E-state index in [1.165, 1.54) is 0 Å². The maximum absolute atomic E-state index is 12.1. The maximum Gasteiger partial charge on any atom is 0.410 e. The molecule has 0 spiro atoms. The van der Waals surface area contributed by atoms with Gasteiger partial charge < -0.3 is 25.0 Å². The molecule has 1 amide bonds. The second-order valence-electron chi connectivity index (χ2n) is 8.33. The molecule has 30 heavy (non-hydrogen) atoms. The molecule has 1 aromatic rings. The van der Waals surface area contributed by atoms with E-state index in [1.807, 2.05) is 32.9 Å². The van der Waals surface area contributed by atoms with E-state index >= 15 is 0 Å². The second-order valence-corrected chi connectivity index (χ2v) is 8.33.